The third-order valence-electron chi connectivity index (χ3n) is 4.19. The number of methoxy groups -OCH3 is 1. The summed E-state index contributed by atoms with van der Waals surface area (Å²) in [7, 11) is 1.59. The smallest absolute Gasteiger partial charge is 0.415 e. The summed E-state index contributed by atoms with van der Waals surface area (Å²) >= 11 is 0. The minimum atomic E-state index is -0.392. The second-order valence-electron chi connectivity index (χ2n) is 6.57. The van der Waals surface area contributed by atoms with Crippen LogP contribution in [0.1, 0.15) is 38.8 Å². The Bertz CT molecular complexity index is 695. The standard InChI is InChI=1S/C21H27NO4/c1-5-22(21(24)26-19-12-10-18(25-4)11-13-19)20(14-15(2)3)16-6-8-17(23)9-7-16/h6-13,15,20,23H,5,14H2,1-4H3. The molecule has 2 aromatic carbocycles. The number of ether oxygens (including phenoxy) is 2. The van der Waals surface area contributed by atoms with Gasteiger partial charge >= 0.3 is 6.09 Å². The zero-order valence-electron chi connectivity index (χ0n) is 15.8. The maximum absolute atomic E-state index is 12.8. The van der Waals surface area contributed by atoms with Crippen LogP contribution >= 0.6 is 0 Å². The van der Waals surface area contributed by atoms with Crippen molar-refractivity contribution in [3.63, 3.8) is 0 Å². The topological polar surface area (TPSA) is 59.0 Å². The first-order valence-corrected chi connectivity index (χ1v) is 8.86. The number of amides is 1. The highest BCUT2D eigenvalue weighted by atomic mass is 16.6. The molecule has 0 bridgehead atoms. The third-order valence-corrected chi connectivity index (χ3v) is 4.19. The molecule has 26 heavy (non-hydrogen) atoms. The largest absolute Gasteiger partial charge is 0.508 e. The second-order valence-corrected chi connectivity index (χ2v) is 6.57. The number of benzene rings is 2. The molecule has 1 atom stereocenters. The molecule has 140 valence electrons. The van der Waals surface area contributed by atoms with Crippen molar-refractivity contribution in [2.75, 3.05) is 13.7 Å². The fraction of sp³-hybridized carbons (Fsp3) is 0.381. The fourth-order valence-corrected chi connectivity index (χ4v) is 2.87. The molecule has 5 nitrogen and oxygen atoms in total. The lowest BCUT2D eigenvalue weighted by molar-refractivity contribution is 0.127. The molecule has 0 aliphatic rings. The van der Waals surface area contributed by atoms with E-state index >= 15 is 0 Å². The molecule has 0 spiro atoms. The monoisotopic (exact) mass is 357 g/mol. The number of nitrogens with zero attached hydrogens (tertiary/aromatic N) is 1. The van der Waals surface area contributed by atoms with Crippen LogP contribution in [0.4, 0.5) is 4.79 Å². The van der Waals surface area contributed by atoms with E-state index in [-0.39, 0.29) is 11.8 Å². The Labute approximate surface area is 155 Å². The number of phenols is 1. The van der Waals surface area contributed by atoms with Crippen LogP contribution in [0, 0.1) is 5.92 Å². The Morgan fingerprint density at radius 2 is 1.62 bits per heavy atom. The summed E-state index contributed by atoms with van der Waals surface area (Å²) in [6.07, 6.45) is 0.410. The van der Waals surface area contributed by atoms with E-state index < -0.39 is 6.09 Å². The second kappa shape index (κ2) is 9.13. The van der Waals surface area contributed by atoms with Crippen molar-refractivity contribution >= 4 is 6.09 Å². The fourth-order valence-electron chi connectivity index (χ4n) is 2.87. The Hall–Kier alpha value is -2.69. The normalized spacial score (nSPS) is 11.9. The van der Waals surface area contributed by atoms with Gasteiger partial charge in [0.15, 0.2) is 0 Å². The third kappa shape index (κ3) is 5.15. The lowest BCUT2D eigenvalue weighted by Crippen LogP contribution is -2.37. The van der Waals surface area contributed by atoms with Gasteiger partial charge in [-0.1, -0.05) is 26.0 Å². The van der Waals surface area contributed by atoms with E-state index in [9.17, 15) is 9.90 Å². The van der Waals surface area contributed by atoms with Crippen LogP contribution in [-0.2, 0) is 0 Å². The summed E-state index contributed by atoms with van der Waals surface area (Å²) in [4.78, 5) is 14.5. The minimum Gasteiger partial charge on any atom is -0.508 e. The van der Waals surface area contributed by atoms with Crippen molar-refractivity contribution in [3.8, 4) is 17.2 Å². The molecule has 1 amide bonds. The first kappa shape index (κ1) is 19.6. The number of hydrogen-bond donors (Lipinski definition) is 1. The molecule has 0 radical (unpaired) electrons. The average molecular weight is 357 g/mol. The number of aromatic hydroxyl groups is 1. The summed E-state index contributed by atoms with van der Waals surface area (Å²) in [5, 5.41) is 9.55. The van der Waals surface area contributed by atoms with Crippen LogP contribution in [-0.4, -0.2) is 29.8 Å². The molecule has 0 heterocycles. The molecule has 0 saturated heterocycles. The van der Waals surface area contributed by atoms with E-state index in [1.165, 1.54) is 0 Å². The molecule has 1 unspecified atom stereocenters. The highest BCUT2D eigenvalue weighted by Crippen LogP contribution is 2.30. The van der Waals surface area contributed by atoms with E-state index in [4.69, 9.17) is 9.47 Å². The van der Waals surface area contributed by atoms with Crippen LogP contribution in [0.2, 0.25) is 0 Å². The average Bonchev–Trinajstić information content (AvgIpc) is 2.62. The molecule has 2 aromatic rings. The van der Waals surface area contributed by atoms with Crippen LogP contribution in [0.15, 0.2) is 48.5 Å². The molecule has 2 rings (SSSR count). The molecular weight excluding hydrogens is 330 g/mol. The quantitative estimate of drug-likeness (QED) is 0.757. The van der Waals surface area contributed by atoms with Crippen LogP contribution < -0.4 is 9.47 Å². The lowest BCUT2D eigenvalue weighted by Gasteiger charge is -2.31. The van der Waals surface area contributed by atoms with Gasteiger partial charge in [-0.15, -0.1) is 0 Å². The van der Waals surface area contributed by atoms with Gasteiger partial charge in [0, 0.05) is 6.54 Å². The number of carbonyl (C=O) groups is 1. The first-order chi connectivity index (χ1) is 12.4. The van der Waals surface area contributed by atoms with E-state index in [0.717, 1.165) is 12.0 Å². The van der Waals surface area contributed by atoms with Crippen LogP contribution in [0.25, 0.3) is 0 Å². The Morgan fingerprint density at radius 1 is 1.04 bits per heavy atom. The molecule has 0 fully saturated rings. The molecule has 0 aromatic heterocycles. The maximum Gasteiger partial charge on any atom is 0.415 e. The molecule has 5 heteroatoms. The van der Waals surface area contributed by atoms with Crippen molar-refractivity contribution in [3.05, 3.63) is 54.1 Å². The first-order valence-electron chi connectivity index (χ1n) is 8.86. The van der Waals surface area contributed by atoms with Crippen LogP contribution in [0.3, 0.4) is 0 Å². The van der Waals surface area contributed by atoms with E-state index in [2.05, 4.69) is 13.8 Å². The van der Waals surface area contributed by atoms with Crippen molar-refractivity contribution in [1.82, 2.24) is 4.90 Å². The Kier molecular flexibility index (Phi) is 6.89. The number of hydrogen-bond acceptors (Lipinski definition) is 4. The highest BCUT2D eigenvalue weighted by Gasteiger charge is 2.26. The summed E-state index contributed by atoms with van der Waals surface area (Å²) in [5.41, 5.74) is 0.977. The van der Waals surface area contributed by atoms with Gasteiger partial charge in [0.25, 0.3) is 0 Å². The molecule has 0 aliphatic carbocycles. The van der Waals surface area contributed by atoms with Gasteiger partial charge in [-0.2, -0.15) is 0 Å². The minimum absolute atomic E-state index is 0.119. The van der Waals surface area contributed by atoms with Gasteiger partial charge in [0.2, 0.25) is 0 Å². The Morgan fingerprint density at radius 3 is 2.12 bits per heavy atom. The molecule has 1 N–H and O–H groups in total. The van der Waals surface area contributed by atoms with Gasteiger partial charge in [-0.05, 0) is 61.2 Å². The van der Waals surface area contributed by atoms with E-state index in [0.29, 0.717) is 24.0 Å². The maximum atomic E-state index is 12.8. The number of rotatable bonds is 7. The number of carbonyl (C=O) groups excluding carboxylic acids is 1. The van der Waals surface area contributed by atoms with Gasteiger partial charge in [-0.25, -0.2) is 4.79 Å². The van der Waals surface area contributed by atoms with Crippen molar-refractivity contribution in [2.24, 2.45) is 5.92 Å². The lowest BCUT2D eigenvalue weighted by atomic mass is 9.95. The van der Waals surface area contributed by atoms with Gasteiger partial charge in [0.05, 0.1) is 13.2 Å². The van der Waals surface area contributed by atoms with Gasteiger partial charge < -0.3 is 19.5 Å². The predicted octanol–water partition coefficient (Wildman–Crippen LogP) is 5.01. The number of phenolic OH excluding ortho intramolecular Hbond substituents is 1. The van der Waals surface area contributed by atoms with Gasteiger partial charge in [0.1, 0.15) is 17.2 Å². The Balaban J connectivity index is 2.21. The van der Waals surface area contributed by atoms with Crippen LogP contribution in [0.5, 0.6) is 17.2 Å². The molecule has 0 saturated carbocycles. The SMILES string of the molecule is CCN(C(=O)Oc1ccc(OC)cc1)C(CC(C)C)c1ccc(O)cc1. The molecular formula is C21H27NO4. The highest BCUT2D eigenvalue weighted by molar-refractivity contribution is 5.71. The summed E-state index contributed by atoms with van der Waals surface area (Å²) < 4.78 is 10.7. The zero-order valence-corrected chi connectivity index (χ0v) is 15.8. The van der Waals surface area contributed by atoms with Crippen molar-refractivity contribution < 1.29 is 19.4 Å². The van der Waals surface area contributed by atoms with E-state index in [1.54, 1.807) is 48.4 Å². The zero-order chi connectivity index (χ0) is 19.1. The summed E-state index contributed by atoms with van der Waals surface area (Å²) in [5.74, 6) is 1.79. The van der Waals surface area contributed by atoms with Crippen molar-refractivity contribution in [1.29, 1.82) is 0 Å². The summed E-state index contributed by atoms with van der Waals surface area (Å²) in [6.45, 7) is 6.70. The van der Waals surface area contributed by atoms with Gasteiger partial charge in [-0.3, -0.25) is 0 Å². The van der Waals surface area contributed by atoms with Crippen molar-refractivity contribution in [2.45, 2.75) is 33.2 Å². The predicted molar refractivity (Wildman–Crippen MR) is 102 cm³/mol. The molecule has 0 aliphatic heterocycles. The van der Waals surface area contributed by atoms with E-state index in [1.807, 2.05) is 19.1 Å². The summed E-state index contributed by atoms with van der Waals surface area (Å²) in [6, 6.07) is 13.8.